The maximum absolute atomic E-state index is 5.52. The molecular formula is C13H18N4O. The maximum atomic E-state index is 5.52. The number of hydrogen-bond donors (Lipinski definition) is 2. The quantitative estimate of drug-likeness (QED) is 0.868. The molecule has 0 bridgehead atoms. The summed E-state index contributed by atoms with van der Waals surface area (Å²) in [5, 5.41) is 14.1. The fourth-order valence-electron chi connectivity index (χ4n) is 1.75. The number of aromatic nitrogens is 2. The number of hydrogen-bond acceptors (Lipinski definition) is 5. The molecule has 96 valence electrons. The summed E-state index contributed by atoms with van der Waals surface area (Å²) < 4.78 is 5.52. The monoisotopic (exact) mass is 246 g/mol. The summed E-state index contributed by atoms with van der Waals surface area (Å²) in [5.41, 5.74) is 3.35. The van der Waals surface area contributed by atoms with E-state index >= 15 is 0 Å². The summed E-state index contributed by atoms with van der Waals surface area (Å²) in [4.78, 5) is 0. The highest BCUT2D eigenvalue weighted by Crippen LogP contribution is 2.20. The van der Waals surface area contributed by atoms with Crippen LogP contribution >= 0.6 is 0 Å². The first-order valence-corrected chi connectivity index (χ1v) is 5.94. The van der Waals surface area contributed by atoms with E-state index in [-0.39, 0.29) is 6.04 Å². The Balaban J connectivity index is 2.16. The van der Waals surface area contributed by atoms with Crippen molar-refractivity contribution >= 4 is 11.7 Å². The molecule has 18 heavy (non-hydrogen) atoms. The molecule has 0 spiro atoms. The summed E-state index contributed by atoms with van der Waals surface area (Å²) >= 11 is 0. The van der Waals surface area contributed by atoms with E-state index < -0.39 is 0 Å². The Bertz CT molecular complexity index is 515. The van der Waals surface area contributed by atoms with Gasteiger partial charge in [-0.1, -0.05) is 11.2 Å². The molecule has 2 N–H and O–H groups in total. The van der Waals surface area contributed by atoms with Crippen LogP contribution in [0.5, 0.6) is 0 Å². The van der Waals surface area contributed by atoms with E-state index in [4.69, 9.17) is 4.42 Å². The zero-order valence-corrected chi connectivity index (χ0v) is 11.1. The predicted molar refractivity (Wildman–Crippen MR) is 71.0 cm³/mol. The lowest BCUT2D eigenvalue weighted by molar-refractivity contribution is 0.443. The van der Waals surface area contributed by atoms with Gasteiger partial charge in [-0.3, -0.25) is 0 Å². The summed E-state index contributed by atoms with van der Waals surface area (Å²) in [6.45, 7) is 6.08. The molecule has 1 unspecified atom stereocenters. The van der Waals surface area contributed by atoms with Crippen LogP contribution in [-0.4, -0.2) is 17.2 Å². The van der Waals surface area contributed by atoms with Crippen LogP contribution in [0.1, 0.15) is 30.0 Å². The second-order valence-corrected chi connectivity index (χ2v) is 4.46. The van der Waals surface area contributed by atoms with Crippen molar-refractivity contribution in [2.45, 2.75) is 26.8 Å². The Hall–Kier alpha value is -1.88. The smallest absolute Gasteiger partial charge is 0.320 e. The van der Waals surface area contributed by atoms with Crippen LogP contribution in [0.4, 0.5) is 11.7 Å². The highest BCUT2D eigenvalue weighted by atomic mass is 16.4. The van der Waals surface area contributed by atoms with Crippen molar-refractivity contribution in [3.8, 4) is 0 Å². The van der Waals surface area contributed by atoms with Crippen molar-refractivity contribution in [3.63, 3.8) is 0 Å². The summed E-state index contributed by atoms with van der Waals surface area (Å²) in [7, 11) is 1.85. The third kappa shape index (κ3) is 2.87. The lowest BCUT2D eigenvalue weighted by Crippen LogP contribution is -2.12. The van der Waals surface area contributed by atoms with Crippen molar-refractivity contribution in [2.24, 2.45) is 0 Å². The topological polar surface area (TPSA) is 63.0 Å². The molecule has 5 nitrogen and oxygen atoms in total. The molecule has 0 aliphatic heterocycles. The third-order valence-electron chi connectivity index (χ3n) is 2.72. The molecule has 1 atom stereocenters. The van der Waals surface area contributed by atoms with Gasteiger partial charge in [-0.25, -0.2) is 0 Å². The van der Waals surface area contributed by atoms with Gasteiger partial charge in [-0.2, -0.15) is 0 Å². The van der Waals surface area contributed by atoms with Crippen molar-refractivity contribution in [3.05, 3.63) is 35.2 Å². The van der Waals surface area contributed by atoms with Crippen LogP contribution < -0.4 is 10.6 Å². The highest BCUT2D eigenvalue weighted by Gasteiger charge is 2.11. The SMILES string of the molecule is CNC(C)c1nnc(Nc2cc(C)cc(C)c2)o1. The van der Waals surface area contributed by atoms with E-state index in [9.17, 15) is 0 Å². The Morgan fingerprint density at radius 2 is 1.78 bits per heavy atom. The van der Waals surface area contributed by atoms with Gasteiger partial charge in [-0.15, -0.1) is 5.10 Å². The van der Waals surface area contributed by atoms with Crippen LogP contribution in [0.3, 0.4) is 0 Å². The fraction of sp³-hybridized carbons (Fsp3) is 0.385. The van der Waals surface area contributed by atoms with Gasteiger partial charge in [0, 0.05) is 5.69 Å². The van der Waals surface area contributed by atoms with Crippen LogP contribution in [0, 0.1) is 13.8 Å². The molecule has 1 aromatic heterocycles. The Morgan fingerprint density at radius 3 is 2.39 bits per heavy atom. The first kappa shape index (κ1) is 12.6. The first-order chi connectivity index (χ1) is 8.58. The molecule has 0 saturated carbocycles. The van der Waals surface area contributed by atoms with Gasteiger partial charge >= 0.3 is 6.01 Å². The van der Waals surface area contributed by atoms with Gasteiger partial charge in [-0.05, 0) is 51.1 Å². The lowest BCUT2D eigenvalue weighted by Gasteiger charge is -2.05. The highest BCUT2D eigenvalue weighted by molar-refractivity contribution is 5.54. The average molecular weight is 246 g/mol. The normalized spacial score (nSPS) is 12.4. The van der Waals surface area contributed by atoms with Crippen LogP contribution in [0.2, 0.25) is 0 Å². The number of nitrogens with zero attached hydrogens (tertiary/aromatic N) is 2. The van der Waals surface area contributed by atoms with E-state index in [0.717, 1.165) is 5.69 Å². The molecule has 0 aliphatic carbocycles. The molecule has 0 aliphatic rings. The van der Waals surface area contributed by atoms with Crippen molar-refractivity contribution < 1.29 is 4.42 Å². The van der Waals surface area contributed by atoms with Crippen LogP contribution in [0.15, 0.2) is 22.6 Å². The molecule has 0 amide bonds. The molecule has 0 saturated heterocycles. The summed E-state index contributed by atoms with van der Waals surface area (Å²) in [6, 6.07) is 6.66. The molecule has 0 fully saturated rings. The fourth-order valence-corrected chi connectivity index (χ4v) is 1.75. The summed E-state index contributed by atoms with van der Waals surface area (Å²) in [5.74, 6) is 0.573. The lowest BCUT2D eigenvalue weighted by atomic mass is 10.1. The minimum atomic E-state index is 0.0484. The minimum Gasteiger partial charge on any atom is -0.406 e. The number of rotatable bonds is 4. The second kappa shape index (κ2) is 5.18. The van der Waals surface area contributed by atoms with E-state index in [1.54, 1.807) is 0 Å². The van der Waals surface area contributed by atoms with E-state index in [1.807, 2.05) is 26.1 Å². The number of aryl methyl sites for hydroxylation is 2. The molecule has 0 radical (unpaired) electrons. The largest absolute Gasteiger partial charge is 0.406 e. The Labute approximate surface area is 107 Å². The molecular weight excluding hydrogens is 228 g/mol. The van der Waals surface area contributed by atoms with E-state index in [0.29, 0.717) is 11.9 Å². The molecule has 2 aromatic rings. The van der Waals surface area contributed by atoms with Crippen LogP contribution in [0.25, 0.3) is 0 Å². The zero-order valence-electron chi connectivity index (χ0n) is 11.1. The van der Waals surface area contributed by atoms with Gasteiger partial charge in [0.15, 0.2) is 0 Å². The van der Waals surface area contributed by atoms with Crippen molar-refractivity contribution in [1.82, 2.24) is 15.5 Å². The van der Waals surface area contributed by atoms with Gasteiger partial charge in [0.25, 0.3) is 0 Å². The first-order valence-electron chi connectivity index (χ1n) is 5.94. The Morgan fingerprint density at radius 1 is 1.11 bits per heavy atom. The Kier molecular flexibility index (Phi) is 3.62. The number of anilines is 2. The van der Waals surface area contributed by atoms with Crippen molar-refractivity contribution in [2.75, 3.05) is 12.4 Å². The second-order valence-electron chi connectivity index (χ2n) is 4.46. The average Bonchev–Trinajstić information content (AvgIpc) is 2.75. The van der Waals surface area contributed by atoms with Crippen molar-refractivity contribution in [1.29, 1.82) is 0 Å². The number of nitrogens with one attached hydrogen (secondary N) is 2. The van der Waals surface area contributed by atoms with Gasteiger partial charge in [0.1, 0.15) is 0 Å². The van der Waals surface area contributed by atoms with Gasteiger partial charge < -0.3 is 15.1 Å². The van der Waals surface area contributed by atoms with Gasteiger partial charge in [0.2, 0.25) is 5.89 Å². The zero-order chi connectivity index (χ0) is 13.1. The molecule has 2 rings (SSSR count). The minimum absolute atomic E-state index is 0.0484. The van der Waals surface area contributed by atoms with Crippen LogP contribution in [-0.2, 0) is 0 Å². The standard InChI is InChI=1S/C13H18N4O/c1-8-5-9(2)7-11(6-8)15-13-17-16-12(18-13)10(3)14-4/h5-7,10,14H,1-4H3,(H,15,17). The molecule has 5 heteroatoms. The van der Waals surface area contributed by atoms with Gasteiger partial charge in [0.05, 0.1) is 6.04 Å². The van der Waals surface area contributed by atoms with E-state index in [2.05, 4.69) is 40.7 Å². The molecule has 1 heterocycles. The summed E-state index contributed by atoms with van der Waals surface area (Å²) in [6.07, 6.45) is 0. The number of benzene rings is 1. The maximum Gasteiger partial charge on any atom is 0.320 e. The molecule has 1 aromatic carbocycles. The van der Waals surface area contributed by atoms with E-state index in [1.165, 1.54) is 11.1 Å². The predicted octanol–water partition coefficient (Wildman–Crippen LogP) is 2.71. The third-order valence-corrected chi connectivity index (χ3v) is 2.72.